The van der Waals surface area contributed by atoms with Crippen molar-refractivity contribution in [3.63, 3.8) is 0 Å². The van der Waals surface area contributed by atoms with Crippen LogP contribution in [0.4, 0.5) is 0 Å². The molecule has 0 aliphatic carbocycles. The summed E-state index contributed by atoms with van der Waals surface area (Å²) in [4.78, 5) is 37.9. The van der Waals surface area contributed by atoms with Crippen LogP contribution in [0.25, 0.3) is 0 Å². The van der Waals surface area contributed by atoms with E-state index in [1.54, 1.807) is 18.2 Å². The van der Waals surface area contributed by atoms with E-state index in [1.165, 1.54) is 29.7 Å². The van der Waals surface area contributed by atoms with Crippen molar-refractivity contribution < 1.29 is 19.5 Å². The number of carboxylic acid groups (broad SMARTS) is 1. The number of unbranched alkanes of at least 4 members (excludes halogenated alkanes) is 2. The number of carbonyl (C=O) groups is 3. The molecule has 3 rings (SSSR count). The molecule has 37 heavy (non-hydrogen) atoms. The summed E-state index contributed by atoms with van der Waals surface area (Å²) in [5.74, 6) is -2.70. The zero-order chi connectivity index (χ0) is 26.8. The maximum Gasteiger partial charge on any atom is 0.394 e. The summed E-state index contributed by atoms with van der Waals surface area (Å²) in [7, 11) is 0. The fraction of sp³-hybridized carbons (Fsp3) is 0.276. The topological polar surface area (TPSA) is 86.7 Å². The van der Waals surface area contributed by atoms with Gasteiger partial charge in [0.1, 0.15) is 0 Å². The molecule has 0 heterocycles. The molecule has 3 aromatic rings. The Morgan fingerprint density at radius 1 is 0.919 bits per heavy atom. The van der Waals surface area contributed by atoms with E-state index in [0.717, 1.165) is 21.1 Å². The number of nitrogens with zero attached hydrogens (tertiary/aromatic N) is 1. The lowest BCUT2D eigenvalue weighted by Gasteiger charge is -2.22. The van der Waals surface area contributed by atoms with Gasteiger partial charge in [0, 0.05) is 33.2 Å². The molecule has 0 spiro atoms. The molecule has 0 fully saturated rings. The zero-order valence-electron chi connectivity index (χ0n) is 20.7. The average molecular weight is 677 g/mol. The predicted octanol–water partition coefficient (Wildman–Crippen LogP) is 6.33. The lowest BCUT2D eigenvalue weighted by Crippen LogP contribution is -2.35. The highest BCUT2D eigenvalue weighted by molar-refractivity contribution is 14.1. The van der Waals surface area contributed by atoms with Crippen LogP contribution in [0.1, 0.15) is 58.8 Å². The van der Waals surface area contributed by atoms with E-state index in [2.05, 4.69) is 62.9 Å². The Labute approximate surface area is 239 Å². The third-order valence-corrected chi connectivity index (χ3v) is 7.80. The van der Waals surface area contributed by atoms with Gasteiger partial charge in [-0.1, -0.05) is 84.2 Å². The molecule has 0 bridgehead atoms. The Bertz CT molecular complexity index is 1250. The van der Waals surface area contributed by atoms with E-state index in [0.29, 0.717) is 22.1 Å². The first kappa shape index (κ1) is 28.8. The predicted molar refractivity (Wildman–Crippen MR) is 156 cm³/mol. The minimum absolute atomic E-state index is 0.0865. The molecule has 0 saturated heterocycles. The van der Waals surface area contributed by atoms with Gasteiger partial charge in [-0.05, 0) is 75.9 Å². The molecule has 2 amide bonds. The van der Waals surface area contributed by atoms with Crippen LogP contribution in [-0.2, 0) is 35.6 Å². The Morgan fingerprint density at radius 3 is 2.24 bits per heavy atom. The third-order valence-electron chi connectivity index (χ3n) is 6.01. The number of hydrogen-bond acceptors (Lipinski definition) is 3. The number of halogens is 2. The molecule has 194 valence electrons. The Balaban J connectivity index is 1.64. The van der Waals surface area contributed by atoms with Gasteiger partial charge in [0.2, 0.25) is 0 Å². The minimum atomic E-state index is -1.51. The highest BCUT2D eigenvalue weighted by atomic mass is 127. The number of nitrogens with one attached hydrogen (secondary N) is 1. The van der Waals surface area contributed by atoms with Crippen LogP contribution in [0.3, 0.4) is 0 Å². The van der Waals surface area contributed by atoms with Crippen molar-refractivity contribution in [1.29, 1.82) is 0 Å². The molecule has 0 atom stereocenters. The van der Waals surface area contributed by atoms with Gasteiger partial charge in [0.05, 0.1) is 0 Å². The molecule has 0 aliphatic heterocycles. The van der Waals surface area contributed by atoms with Gasteiger partial charge in [0.25, 0.3) is 5.91 Å². The molecule has 2 N–H and O–H groups in total. The van der Waals surface area contributed by atoms with E-state index >= 15 is 0 Å². The molecule has 0 saturated carbocycles. The number of benzene rings is 3. The summed E-state index contributed by atoms with van der Waals surface area (Å²) in [6, 6.07) is 20.9. The van der Waals surface area contributed by atoms with Gasteiger partial charge in [-0.2, -0.15) is 0 Å². The number of carbonyl (C=O) groups excluding carboxylic acids is 2. The van der Waals surface area contributed by atoms with Crippen LogP contribution in [-0.4, -0.2) is 27.8 Å². The number of rotatable bonds is 11. The molecule has 3 aromatic carbocycles. The van der Waals surface area contributed by atoms with Crippen molar-refractivity contribution in [2.75, 3.05) is 0 Å². The van der Waals surface area contributed by atoms with E-state index in [4.69, 9.17) is 0 Å². The van der Waals surface area contributed by atoms with Crippen molar-refractivity contribution >= 4 is 56.3 Å². The second kappa shape index (κ2) is 14.3. The smallest absolute Gasteiger partial charge is 0.394 e. The normalized spacial score (nSPS) is 10.7. The van der Waals surface area contributed by atoms with Gasteiger partial charge in [-0.3, -0.25) is 9.59 Å². The fourth-order valence-corrected chi connectivity index (χ4v) is 4.94. The Kier molecular flexibility index (Phi) is 11.1. The first-order chi connectivity index (χ1) is 17.8. The summed E-state index contributed by atoms with van der Waals surface area (Å²) in [5, 5.41) is 12.3. The fourth-order valence-electron chi connectivity index (χ4n) is 3.88. The molecule has 0 aliphatic rings. The number of hydrogen-bond donors (Lipinski definition) is 2. The zero-order valence-corrected chi connectivity index (χ0v) is 24.4. The van der Waals surface area contributed by atoms with E-state index in [1.807, 2.05) is 36.4 Å². The van der Waals surface area contributed by atoms with Crippen LogP contribution < -0.4 is 5.32 Å². The van der Waals surface area contributed by atoms with Gasteiger partial charge in [-0.15, -0.1) is 0 Å². The van der Waals surface area contributed by atoms with Gasteiger partial charge in [-0.25, -0.2) is 4.79 Å². The molecular weight excluding hydrogens is 647 g/mol. The highest BCUT2D eigenvalue weighted by Gasteiger charge is 2.23. The van der Waals surface area contributed by atoms with E-state index < -0.39 is 11.9 Å². The number of aryl methyl sites for hydroxylation is 1. The summed E-state index contributed by atoms with van der Waals surface area (Å²) >= 11 is 5.66. The Hall–Kier alpha value is -2.72. The standard InChI is InChI=1S/C29H30BrIN2O4/c1-2-3-4-7-20-10-12-21(13-11-20)17-32-27(34)22-14-15-23(25(30)16-22)18-33(28(35)29(36)37)19-24-8-5-6-9-26(24)31/h5-6,8-16H,2-4,7,17-19H2,1H3,(H,32,34)(H,36,37). The van der Waals surface area contributed by atoms with Gasteiger partial charge >= 0.3 is 11.9 Å². The first-order valence-corrected chi connectivity index (χ1v) is 14.1. The largest absolute Gasteiger partial charge is 0.474 e. The lowest BCUT2D eigenvalue weighted by atomic mass is 10.1. The summed E-state index contributed by atoms with van der Waals surface area (Å²) in [6.45, 7) is 2.86. The minimum Gasteiger partial charge on any atom is -0.474 e. The van der Waals surface area contributed by atoms with E-state index in [9.17, 15) is 19.5 Å². The van der Waals surface area contributed by atoms with Crippen LogP contribution in [0.2, 0.25) is 0 Å². The van der Waals surface area contributed by atoms with Gasteiger partial charge in [0.15, 0.2) is 0 Å². The van der Waals surface area contributed by atoms with Crippen LogP contribution >= 0.6 is 38.5 Å². The Morgan fingerprint density at radius 2 is 1.59 bits per heavy atom. The summed E-state index contributed by atoms with van der Waals surface area (Å²) < 4.78 is 1.57. The van der Waals surface area contributed by atoms with Gasteiger partial charge < -0.3 is 15.3 Å². The molecular formula is C29H30BrIN2O4. The molecule has 8 heteroatoms. The molecule has 6 nitrogen and oxygen atoms in total. The molecule has 0 unspecified atom stereocenters. The highest BCUT2D eigenvalue weighted by Crippen LogP contribution is 2.23. The van der Waals surface area contributed by atoms with Crippen molar-refractivity contribution in [2.24, 2.45) is 0 Å². The van der Waals surface area contributed by atoms with Crippen molar-refractivity contribution in [1.82, 2.24) is 10.2 Å². The monoisotopic (exact) mass is 676 g/mol. The average Bonchev–Trinajstić information content (AvgIpc) is 2.89. The maximum atomic E-state index is 12.7. The molecule has 0 aromatic heterocycles. The third kappa shape index (κ3) is 8.67. The SMILES string of the molecule is CCCCCc1ccc(CNC(=O)c2ccc(CN(Cc3ccccc3I)C(=O)C(=O)O)c(Br)c2)cc1. The van der Waals surface area contributed by atoms with Crippen LogP contribution in [0.5, 0.6) is 0 Å². The van der Waals surface area contributed by atoms with Crippen molar-refractivity contribution in [2.45, 2.75) is 52.2 Å². The first-order valence-electron chi connectivity index (χ1n) is 12.2. The number of amides is 2. The maximum absolute atomic E-state index is 12.7. The molecule has 0 radical (unpaired) electrons. The second-order valence-electron chi connectivity index (χ2n) is 8.82. The summed E-state index contributed by atoms with van der Waals surface area (Å²) in [6.07, 6.45) is 4.69. The van der Waals surface area contributed by atoms with E-state index in [-0.39, 0.29) is 19.0 Å². The van der Waals surface area contributed by atoms with Crippen LogP contribution in [0.15, 0.2) is 71.2 Å². The summed E-state index contributed by atoms with van der Waals surface area (Å²) in [5.41, 5.74) is 4.37. The quantitative estimate of drug-likeness (QED) is 0.141. The lowest BCUT2D eigenvalue weighted by molar-refractivity contribution is -0.156. The number of carboxylic acids is 1. The second-order valence-corrected chi connectivity index (χ2v) is 10.8. The van der Waals surface area contributed by atoms with Crippen molar-refractivity contribution in [3.8, 4) is 0 Å². The number of aliphatic carboxylic acids is 1. The van der Waals surface area contributed by atoms with Crippen LogP contribution in [0, 0.1) is 3.57 Å². The van der Waals surface area contributed by atoms with Crippen molar-refractivity contribution in [3.05, 3.63) is 103 Å².